The molecule has 0 rings (SSSR count). The standard InChI is InChI=1S/C62H104O6/c1-4-7-10-13-16-19-22-24-26-27-28-29-30-31-32-33-34-35-37-38-40-43-46-49-52-55-61(64)67-58-59(57-66-60(63)54-51-48-45-42-21-18-15-12-9-6-3)68-62(65)56-53-50-47-44-41-39-36-25-23-20-17-14-11-8-5-2/h7,10,12,15-17,19-20,24-26,28-29,31-32,36,59H,4-6,8-9,11,13-14,18,21-23,27,30,33-35,37-58H2,1-3H3/b10-7-,15-12-,19-16-,20-17-,26-24-,29-28-,32-31-,36-25-. The van der Waals surface area contributed by atoms with Crippen molar-refractivity contribution in [2.24, 2.45) is 0 Å². The second kappa shape index (κ2) is 55.9. The van der Waals surface area contributed by atoms with Gasteiger partial charge >= 0.3 is 17.9 Å². The fourth-order valence-corrected chi connectivity index (χ4v) is 7.56. The highest BCUT2D eigenvalue weighted by Crippen LogP contribution is 2.14. The number of ether oxygens (including phenoxy) is 3. The summed E-state index contributed by atoms with van der Waals surface area (Å²) in [6.45, 7) is 6.41. The fourth-order valence-electron chi connectivity index (χ4n) is 7.56. The van der Waals surface area contributed by atoms with Crippen molar-refractivity contribution >= 4 is 17.9 Å². The number of hydrogen-bond donors (Lipinski definition) is 0. The van der Waals surface area contributed by atoms with Gasteiger partial charge in [-0.05, 0) is 116 Å². The van der Waals surface area contributed by atoms with Gasteiger partial charge in [0.1, 0.15) is 13.2 Å². The summed E-state index contributed by atoms with van der Waals surface area (Å²) in [6, 6.07) is 0. The maximum atomic E-state index is 12.8. The summed E-state index contributed by atoms with van der Waals surface area (Å²) in [6.07, 6.45) is 74.0. The van der Waals surface area contributed by atoms with Crippen LogP contribution in [0.25, 0.3) is 0 Å². The molecule has 0 heterocycles. The van der Waals surface area contributed by atoms with Gasteiger partial charge in [-0.1, -0.05) is 221 Å². The van der Waals surface area contributed by atoms with E-state index in [0.717, 1.165) is 141 Å². The topological polar surface area (TPSA) is 78.9 Å². The van der Waals surface area contributed by atoms with Crippen molar-refractivity contribution in [1.29, 1.82) is 0 Å². The largest absolute Gasteiger partial charge is 0.462 e. The smallest absolute Gasteiger partial charge is 0.306 e. The lowest BCUT2D eigenvalue weighted by Crippen LogP contribution is -2.30. The Morgan fingerprint density at radius 3 is 0.971 bits per heavy atom. The molecule has 0 aromatic carbocycles. The van der Waals surface area contributed by atoms with Gasteiger partial charge in [-0.25, -0.2) is 0 Å². The third-order valence-electron chi connectivity index (χ3n) is 11.8. The number of carbonyl (C=O) groups excluding carboxylic acids is 3. The number of rotatable bonds is 50. The molecule has 0 saturated heterocycles. The monoisotopic (exact) mass is 945 g/mol. The van der Waals surface area contributed by atoms with Crippen LogP contribution in [0.1, 0.15) is 258 Å². The SMILES string of the molecule is CC/C=C\C/C=C\C/C=C\C/C=C\C/C=C\CCCCCCCCCCCC(=O)OCC(COC(=O)CCCCCCC/C=C\CCC)OC(=O)CCCCCCC/C=C\C/C=C\CCCCC. The van der Waals surface area contributed by atoms with Crippen LogP contribution in [0.2, 0.25) is 0 Å². The van der Waals surface area contributed by atoms with E-state index in [-0.39, 0.29) is 31.1 Å². The molecule has 0 bridgehead atoms. The molecule has 0 aliphatic rings. The molecule has 0 aliphatic carbocycles. The summed E-state index contributed by atoms with van der Waals surface area (Å²) in [4.78, 5) is 38.0. The maximum absolute atomic E-state index is 12.8. The number of unbranched alkanes of at least 4 members (excludes halogenated alkanes) is 23. The Hall–Kier alpha value is -3.67. The summed E-state index contributed by atoms with van der Waals surface area (Å²) < 4.78 is 16.8. The first-order chi connectivity index (χ1) is 33.5. The van der Waals surface area contributed by atoms with Crippen LogP contribution < -0.4 is 0 Å². The molecule has 0 radical (unpaired) electrons. The van der Waals surface area contributed by atoms with Crippen LogP contribution in [-0.4, -0.2) is 37.2 Å². The molecular formula is C62H104O6. The number of allylic oxidation sites excluding steroid dienone is 16. The van der Waals surface area contributed by atoms with Gasteiger partial charge in [0, 0.05) is 19.3 Å². The van der Waals surface area contributed by atoms with Gasteiger partial charge in [0.25, 0.3) is 0 Å². The van der Waals surface area contributed by atoms with Crippen LogP contribution >= 0.6 is 0 Å². The second-order valence-electron chi connectivity index (χ2n) is 18.5. The van der Waals surface area contributed by atoms with Crippen molar-refractivity contribution in [3.8, 4) is 0 Å². The number of esters is 3. The van der Waals surface area contributed by atoms with Crippen molar-refractivity contribution in [3.05, 3.63) is 97.2 Å². The molecular weight excluding hydrogens is 841 g/mol. The molecule has 0 spiro atoms. The zero-order valence-corrected chi connectivity index (χ0v) is 44.3. The Bertz CT molecular complexity index is 1360. The van der Waals surface area contributed by atoms with Crippen LogP contribution in [-0.2, 0) is 28.6 Å². The second-order valence-corrected chi connectivity index (χ2v) is 18.5. The lowest BCUT2D eigenvalue weighted by atomic mass is 10.1. The molecule has 0 amide bonds. The first-order valence-corrected chi connectivity index (χ1v) is 28.2. The molecule has 0 aromatic rings. The van der Waals surface area contributed by atoms with Crippen LogP contribution in [0.5, 0.6) is 0 Å². The molecule has 0 aliphatic heterocycles. The fraction of sp³-hybridized carbons (Fsp3) is 0.694. The molecule has 6 heteroatoms. The average molecular weight is 946 g/mol. The van der Waals surface area contributed by atoms with Crippen molar-refractivity contribution in [2.75, 3.05) is 13.2 Å². The Labute approximate surface area is 419 Å². The molecule has 0 saturated carbocycles. The van der Waals surface area contributed by atoms with E-state index in [1.54, 1.807) is 0 Å². The molecule has 6 nitrogen and oxygen atoms in total. The average Bonchev–Trinajstić information content (AvgIpc) is 3.34. The highest BCUT2D eigenvalue weighted by Gasteiger charge is 2.19. The molecule has 1 unspecified atom stereocenters. The maximum Gasteiger partial charge on any atom is 0.306 e. The third-order valence-corrected chi connectivity index (χ3v) is 11.8. The highest BCUT2D eigenvalue weighted by molar-refractivity contribution is 5.71. The minimum Gasteiger partial charge on any atom is -0.462 e. The van der Waals surface area contributed by atoms with E-state index in [1.165, 1.54) is 77.0 Å². The van der Waals surface area contributed by atoms with Crippen molar-refractivity contribution in [3.63, 3.8) is 0 Å². The normalized spacial score (nSPS) is 12.8. The number of hydrogen-bond acceptors (Lipinski definition) is 6. The predicted octanol–water partition coefficient (Wildman–Crippen LogP) is 18.9. The van der Waals surface area contributed by atoms with Gasteiger partial charge in [-0.2, -0.15) is 0 Å². The minimum atomic E-state index is -0.791. The van der Waals surface area contributed by atoms with E-state index in [0.29, 0.717) is 19.3 Å². The lowest BCUT2D eigenvalue weighted by Gasteiger charge is -2.18. The van der Waals surface area contributed by atoms with Gasteiger partial charge in [-0.15, -0.1) is 0 Å². The van der Waals surface area contributed by atoms with Crippen molar-refractivity contribution in [1.82, 2.24) is 0 Å². The molecule has 68 heavy (non-hydrogen) atoms. The first-order valence-electron chi connectivity index (χ1n) is 28.2. The zero-order chi connectivity index (χ0) is 49.3. The van der Waals surface area contributed by atoms with Gasteiger partial charge in [0.05, 0.1) is 0 Å². The summed E-state index contributed by atoms with van der Waals surface area (Å²) >= 11 is 0. The van der Waals surface area contributed by atoms with E-state index in [9.17, 15) is 14.4 Å². The van der Waals surface area contributed by atoms with E-state index >= 15 is 0 Å². The highest BCUT2D eigenvalue weighted by atomic mass is 16.6. The quantitative estimate of drug-likeness (QED) is 0.0262. The Balaban J connectivity index is 4.30. The van der Waals surface area contributed by atoms with Crippen LogP contribution in [0.15, 0.2) is 97.2 Å². The third kappa shape index (κ3) is 53.3. The molecule has 0 N–H and O–H groups in total. The Morgan fingerprint density at radius 2 is 0.603 bits per heavy atom. The predicted molar refractivity (Wildman–Crippen MR) is 293 cm³/mol. The minimum absolute atomic E-state index is 0.0895. The molecule has 0 fully saturated rings. The van der Waals surface area contributed by atoms with E-state index in [4.69, 9.17) is 14.2 Å². The van der Waals surface area contributed by atoms with Crippen LogP contribution in [0.3, 0.4) is 0 Å². The summed E-state index contributed by atoms with van der Waals surface area (Å²) in [5.41, 5.74) is 0. The van der Waals surface area contributed by atoms with Gasteiger partial charge in [0.2, 0.25) is 0 Å². The molecule has 1 atom stereocenters. The van der Waals surface area contributed by atoms with Crippen molar-refractivity contribution < 1.29 is 28.6 Å². The summed E-state index contributed by atoms with van der Waals surface area (Å²) in [5.74, 6) is -0.919. The number of carbonyl (C=O) groups is 3. The molecule has 0 aromatic heterocycles. The Morgan fingerprint density at radius 1 is 0.309 bits per heavy atom. The van der Waals surface area contributed by atoms with Gasteiger partial charge < -0.3 is 14.2 Å². The summed E-state index contributed by atoms with van der Waals surface area (Å²) in [7, 11) is 0. The Kier molecular flexibility index (Phi) is 52.9. The van der Waals surface area contributed by atoms with E-state index < -0.39 is 6.10 Å². The van der Waals surface area contributed by atoms with Gasteiger partial charge in [0.15, 0.2) is 6.10 Å². The van der Waals surface area contributed by atoms with Gasteiger partial charge in [-0.3, -0.25) is 14.4 Å². The van der Waals surface area contributed by atoms with E-state index in [2.05, 4.69) is 118 Å². The van der Waals surface area contributed by atoms with Crippen LogP contribution in [0.4, 0.5) is 0 Å². The van der Waals surface area contributed by atoms with Crippen LogP contribution in [0, 0.1) is 0 Å². The van der Waals surface area contributed by atoms with E-state index in [1.807, 2.05) is 0 Å². The lowest BCUT2D eigenvalue weighted by molar-refractivity contribution is -0.167. The molecule has 388 valence electrons. The summed E-state index contributed by atoms with van der Waals surface area (Å²) in [5, 5.41) is 0. The van der Waals surface area contributed by atoms with Crippen molar-refractivity contribution in [2.45, 2.75) is 264 Å². The zero-order valence-electron chi connectivity index (χ0n) is 44.3. The first kappa shape index (κ1) is 64.3.